The molecule has 1 saturated heterocycles. The SMILES string of the molecule is O=C(Cc1cccs1)N1CCN(CCCl)CC1. The highest BCUT2D eigenvalue weighted by Crippen LogP contribution is 2.11. The molecule has 0 N–H and O–H groups in total. The van der Waals surface area contributed by atoms with Crippen molar-refractivity contribution >= 4 is 28.8 Å². The largest absolute Gasteiger partial charge is 0.340 e. The zero-order valence-electron chi connectivity index (χ0n) is 9.77. The van der Waals surface area contributed by atoms with E-state index < -0.39 is 0 Å². The van der Waals surface area contributed by atoms with Gasteiger partial charge in [0.05, 0.1) is 6.42 Å². The van der Waals surface area contributed by atoms with Crippen LogP contribution in [-0.4, -0.2) is 54.3 Å². The molecule has 0 radical (unpaired) electrons. The monoisotopic (exact) mass is 272 g/mol. The number of amides is 1. The Hall–Kier alpha value is -0.580. The second-order valence-electron chi connectivity index (χ2n) is 4.17. The van der Waals surface area contributed by atoms with Gasteiger partial charge >= 0.3 is 0 Å². The van der Waals surface area contributed by atoms with Crippen LogP contribution in [0.25, 0.3) is 0 Å². The fraction of sp³-hybridized carbons (Fsp3) is 0.583. The smallest absolute Gasteiger partial charge is 0.227 e. The predicted molar refractivity (Wildman–Crippen MR) is 71.8 cm³/mol. The summed E-state index contributed by atoms with van der Waals surface area (Å²) in [5.74, 6) is 0.918. The van der Waals surface area contributed by atoms with Gasteiger partial charge < -0.3 is 4.90 Å². The van der Waals surface area contributed by atoms with Crippen LogP contribution in [-0.2, 0) is 11.2 Å². The summed E-state index contributed by atoms with van der Waals surface area (Å²) in [4.78, 5) is 17.4. The number of piperazine rings is 1. The van der Waals surface area contributed by atoms with Gasteiger partial charge in [0, 0.05) is 43.5 Å². The number of carbonyl (C=O) groups excluding carboxylic acids is 1. The van der Waals surface area contributed by atoms with Crippen molar-refractivity contribution in [3.63, 3.8) is 0 Å². The summed E-state index contributed by atoms with van der Waals surface area (Å²) in [5, 5.41) is 2.01. The summed E-state index contributed by atoms with van der Waals surface area (Å²) in [5.41, 5.74) is 0. The molecule has 0 aromatic carbocycles. The Morgan fingerprint density at radius 3 is 2.71 bits per heavy atom. The minimum absolute atomic E-state index is 0.248. The van der Waals surface area contributed by atoms with Crippen molar-refractivity contribution in [2.24, 2.45) is 0 Å². The first kappa shape index (κ1) is 12.9. The summed E-state index contributed by atoms with van der Waals surface area (Å²) in [6.07, 6.45) is 0.549. The third-order valence-corrected chi connectivity index (χ3v) is 4.08. The Morgan fingerprint density at radius 2 is 2.12 bits per heavy atom. The second-order valence-corrected chi connectivity index (χ2v) is 5.58. The minimum Gasteiger partial charge on any atom is -0.340 e. The van der Waals surface area contributed by atoms with E-state index in [4.69, 9.17) is 11.6 Å². The quantitative estimate of drug-likeness (QED) is 0.779. The van der Waals surface area contributed by atoms with Crippen LogP contribution in [0.2, 0.25) is 0 Å². The molecule has 0 spiro atoms. The minimum atomic E-state index is 0.248. The summed E-state index contributed by atoms with van der Waals surface area (Å²) in [6.45, 7) is 4.49. The Bertz CT molecular complexity index is 347. The van der Waals surface area contributed by atoms with Crippen LogP contribution in [0.5, 0.6) is 0 Å². The summed E-state index contributed by atoms with van der Waals surface area (Å²) < 4.78 is 0. The maximum Gasteiger partial charge on any atom is 0.227 e. The van der Waals surface area contributed by atoms with E-state index in [-0.39, 0.29) is 5.91 Å². The number of carbonyl (C=O) groups is 1. The topological polar surface area (TPSA) is 23.6 Å². The maximum absolute atomic E-state index is 12.0. The van der Waals surface area contributed by atoms with Gasteiger partial charge in [0.15, 0.2) is 0 Å². The third kappa shape index (κ3) is 3.69. The normalized spacial score (nSPS) is 17.4. The number of rotatable bonds is 4. The van der Waals surface area contributed by atoms with Gasteiger partial charge in [0.2, 0.25) is 5.91 Å². The lowest BCUT2D eigenvalue weighted by Gasteiger charge is -2.34. The number of halogens is 1. The van der Waals surface area contributed by atoms with Crippen LogP contribution in [0.15, 0.2) is 17.5 Å². The van der Waals surface area contributed by atoms with Crippen LogP contribution in [0.1, 0.15) is 4.88 Å². The van der Waals surface area contributed by atoms with Crippen molar-refractivity contribution in [2.75, 3.05) is 38.6 Å². The maximum atomic E-state index is 12.0. The lowest BCUT2D eigenvalue weighted by Crippen LogP contribution is -2.49. The van der Waals surface area contributed by atoms with Crippen LogP contribution in [0, 0.1) is 0 Å². The van der Waals surface area contributed by atoms with Crippen molar-refractivity contribution in [3.05, 3.63) is 22.4 Å². The summed E-state index contributed by atoms with van der Waals surface area (Å²) in [6, 6.07) is 4.01. The standard InChI is InChI=1S/C12H17ClN2OS/c13-3-4-14-5-7-15(8-6-14)12(16)10-11-2-1-9-17-11/h1-2,9H,3-8,10H2. The van der Waals surface area contributed by atoms with Crippen molar-refractivity contribution < 1.29 is 4.79 Å². The van der Waals surface area contributed by atoms with E-state index in [1.807, 2.05) is 22.4 Å². The first-order chi connectivity index (χ1) is 8.29. The van der Waals surface area contributed by atoms with Crippen molar-refractivity contribution in [1.82, 2.24) is 9.80 Å². The van der Waals surface area contributed by atoms with E-state index in [1.165, 1.54) is 0 Å². The lowest BCUT2D eigenvalue weighted by molar-refractivity contribution is -0.132. The Kier molecular flexibility index (Phi) is 4.83. The molecule has 1 aromatic rings. The Morgan fingerprint density at radius 1 is 1.35 bits per heavy atom. The molecule has 0 atom stereocenters. The van der Waals surface area contributed by atoms with E-state index in [0.29, 0.717) is 12.3 Å². The summed E-state index contributed by atoms with van der Waals surface area (Å²) >= 11 is 7.36. The van der Waals surface area contributed by atoms with Crippen molar-refractivity contribution in [1.29, 1.82) is 0 Å². The fourth-order valence-electron chi connectivity index (χ4n) is 2.01. The number of hydrogen-bond donors (Lipinski definition) is 0. The predicted octanol–water partition coefficient (Wildman–Crippen LogP) is 1.67. The van der Waals surface area contributed by atoms with E-state index >= 15 is 0 Å². The number of hydrogen-bond acceptors (Lipinski definition) is 3. The average Bonchev–Trinajstić information content (AvgIpc) is 2.83. The van der Waals surface area contributed by atoms with Gasteiger partial charge in [0.1, 0.15) is 0 Å². The molecule has 5 heteroatoms. The van der Waals surface area contributed by atoms with Crippen LogP contribution >= 0.6 is 22.9 Å². The molecule has 1 aromatic heterocycles. The van der Waals surface area contributed by atoms with Gasteiger partial charge in [-0.25, -0.2) is 0 Å². The molecular formula is C12H17ClN2OS. The number of alkyl halides is 1. The van der Waals surface area contributed by atoms with Gasteiger partial charge in [-0.15, -0.1) is 22.9 Å². The molecule has 1 aliphatic heterocycles. The Labute approximate surface area is 111 Å². The molecule has 1 aliphatic rings. The molecule has 1 amide bonds. The molecular weight excluding hydrogens is 256 g/mol. The van der Waals surface area contributed by atoms with Gasteiger partial charge in [-0.3, -0.25) is 9.69 Å². The fourth-order valence-corrected chi connectivity index (χ4v) is 2.95. The molecule has 0 saturated carbocycles. The zero-order chi connectivity index (χ0) is 12.1. The van der Waals surface area contributed by atoms with E-state index in [2.05, 4.69) is 4.90 Å². The third-order valence-electron chi connectivity index (χ3n) is 3.03. The second kappa shape index (κ2) is 6.38. The molecule has 17 heavy (non-hydrogen) atoms. The molecule has 1 fully saturated rings. The molecule has 2 heterocycles. The molecule has 0 unspecified atom stereocenters. The van der Waals surface area contributed by atoms with Crippen molar-refractivity contribution in [2.45, 2.75) is 6.42 Å². The number of nitrogens with zero attached hydrogens (tertiary/aromatic N) is 2. The highest BCUT2D eigenvalue weighted by Gasteiger charge is 2.20. The highest BCUT2D eigenvalue weighted by molar-refractivity contribution is 7.10. The molecule has 94 valence electrons. The van der Waals surface area contributed by atoms with E-state index in [0.717, 1.165) is 37.6 Å². The van der Waals surface area contributed by atoms with E-state index in [1.54, 1.807) is 11.3 Å². The zero-order valence-corrected chi connectivity index (χ0v) is 11.3. The van der Waals surface area contributed by atoms with E-state index in [9.17, 15) is 4.79 Å². The Balaban J connectivity index is 1.78. The average molecular weight is 273 g/mol. The van der Waals surface area contributed by atoms with Crippen LogP contribution in [0.4, 0.5) is 0 Å². The lowest BCUT2D eigenvalue weighted by atomic mass is 10.2. The molecule has 2 rings (SSSR count). The van der Waals surface area contributed by atoms with Gasteiger partial charge in [-0.2, -0.15) is 0 Å². The number of thiophene rings is 1. The summed E-state index contributed by atoms with van der Waals surface area (Å²) in [7, 11) is 0. The molecule has 0 bridgehead atoms. The van der Waals surface area contributed by atoms with Crippen molar-refractivity contribution in [3.8, 4) is 0 Å². The van der Waals surface area contributed by atoms with Crippen LogP contribution in [0.3, 0.4) is 0 Å². The molecule has 0 aliphatic carbocycles. The first-order valence-electron chi connectivity index (χ1n) is 5.88. The van der Waals surface area contributed by atoms with Gasteiger partial charge in [0.25, 0.3) is 0 Å². The molecule has 3 nitrogen and oxygen atoms in total. The highest BCUT2D eigenvalue weighted by atomic mass is 35.5. The van der Waals surface area contributed by atoms with Gasteiger partial charge in [-0.1, -0.05) is 6.07 Å². The first-order valence-corrected chi connectivity index (χ1v) is 7.29. The van der Waals surface area contributed by atoms with Gasteiger partial charge in [-0.05, 0) is 11.4 Å². The van der Waals surface area contributed by atoms with Crippen LogP contribution < -0.4 is 0 Å².